The van der Waals surface area contributed by atoms with Crippen molar-refractivity contribution in [3.63, 3.8) is 0 Å². The summed E-state index contributed by atoms with van der Waals surface area (Å²) in [6.07, 6.45) is 2.07. The summed E-state index contributed by atoms with van der Waals surface area (Å²) < 4.78 is 11.1. The summed E-state index contributed by atoms with van der Waals surface area (Å²) in [7, 11) is 1.60. The summed E-state index contributed by atoms with van der Waals surface area (Å²) in [5.41, 5.74) is 1.56. The fourth-order valence-corrected chi connectivity index (χ4v) is 2.38. The molecule has 0 aliphatic heterocycles. The predicted molar refractivity (Wildman–Crippen MR) is 101 cm³/mol. The molecule has 0 heterocycles. The number of rotatable bonds is 8. The van der Waals surface area contributed by atoms with E-state index in [1.807, 2.05) is 18.2 Å². The van der Waals surface area contributed by atoms with Gasteiger partial charge in [-0.3, -0.25) is 0 Å². The smallest absolute Gasteiger partial charge is 0.319 e. The summed E-state index contributed by atoms with van der Waals surface area (Å²) in [4.78, 5) is 12.0. The van der Waals surface area contributed by atoms with Gasteiger partial charge in [0.15, 0.2) is 11.5 Å². The van der Waals surface area contributed by atoms with E-state index in [1.54, 1.807) is 31.4 Å². The third-order valence-electron chi connectivity index (χ3n) is 3.52. The van der Waals surface area contributed by atoms with Crippen molar-refractivity contribution >= 4 is 23.3 Å². The minimum Gasteiger partial charge on any atom is -0.493 e. The van der Waals surface area contributed by atoms with E-state index in [4.69, 9.17) is 21.1 Å². The van der Waals surface area contributed by atoms with Crippen molar-refractivity contribution in [1.29, 1.82) is 0 Å². The van der Waals surface area contributed by atoms with Crippen LogP contribution in [0.3, 0.4) is 0 Å². The number of halogens is 1. The highest BCUT2D eigenvalue weighted by Crippen LogP contribution is 2.28. The summed E-state index contributed by atoms with van der Waals surface area (Å²) in [5, 5.41) is 6.11. The minimum atomic E-state index is -0.301. The van der Waals surface area contributed by atoms with Gasteiger partial charge in [-0.05, 0) is 42.3 Å². The molecule has 0 spiro atoms. The molecule has 0 unspecified atom stereocenters. The van der Waals surface area contributed by atoms with Crippen molar-refractivity contribution in [3.05, 3.63) is 53.1 Å². The van der Waals surface area contributed by atoms with E-state index in [1.165, 1.54) is 0 Å². The standard InChI is InChI=1S/C19H23ClN2O3/c1-3-4-10-25-17-9-8-14(11-18(17)24-2)13-21-19(23)22-16-7-5-6-15(20)12-16/h5-9,11-12H,3-4,10,13H2,1-2H3,(H2,21,22,23). The topological polar surface area (TPSA) is 59.6 Å². The van der Waals surface area contributed by atoms with Crippen molar-refractivity contribution in [3.8, 4) is 11.5 Å². The average Bonchev–Trinajstić information content (AvgIpc) is 2.61. The third kappa shape index (κ3) is 6.19. The predicted octanol–water partition coefficient (Wildman–Crippen LogP) is 4.85. The molecule has 2 amide bonds. The zero-order valence-electron chi connectivity index (χ0n) is 14.5. The molecule has 2 aromatic rings. The number of benzene rings is 2. The Hall–Kier alpha value is -2.40. The van der Waals surface area contributed by atoms with Crippen LogP contribution in [-0.2, 0) is 6.54 Å². The van der Waals surface area contributed by atoms with E-state index < -0.39 is 0 Å². The monoisotopic (exact) mass is 362 g/mol. The van der Waals surface area contributed by atoms with Gasteiger partial charge in [0.1, 0.15) is 0 Å². The number of ether oxygens (including phenoxy) is 2. The molecule has 6 heteroatoms. The molecular weight excluding hydrogens is 340 g/mol. The number of carbonyl (C=O) groups excluding carboxylic acids is 1. The first-order valence-electron chi connectivity index (χ1n) is 8.22. The van der Waals surface area contributed by atoms with Crippen LogP contribution in [0.2, 0.25) is 5.02 Å². The average molecular weight is 363 g/mol. The van der Waals surface area contributed by atoms with Crippen molar-refractivity contribution in [2.45, 2.75) is 26.3 Å². The van der Waals surface area contributed by atoms with E-state index in [9.17, 15) is 4.79 Å². The van der Waals surface area contributed by atoms with Crippen molar-refractivity contribution in [1.82, 2.24) is 5.32 Å². The highest BCUT2D eigenvalue weighted by Gasteiger charge is 2.07. The lowest BCUT2D eigenvalue weighted by molar-refractivity contribution is 0.251. The second-order valence-electron chi connectivity index (χ2n) is 5.51. The molecule has 25 heavy (non-hydrogen) atoms. The molecular formula is C19H23ClN2O3. The van der Waals surface area contributed by atoms with Crippen LogP contribution in [0.1, 0.15) is 25.3 Å². The number of nitrogens with one attached hydrogen (secondary N) is 2. The molecule has 2 rings (SSSR count). The second-order valence-corrected chi connectivity index (χ2v) is 5.94. The minimum absolute atomic E-state index is 0.301. The Morgan fingerprint density at radius 1 is 1.16 bits per heavy atom. The van der Waals surface area contributed by atoms with Gasteiger partial charge in [-0.2, -0.15) is 0 Å². The van der Waals surface area contributed by atoms with E-state index in [0.29, 0.717) is 35.4 Å². The lowest BCUT2D eigenvalue weighted by Gasteiger charge is -2.13. The third-order valence-corrected chi connectivity index (χ3v) is 3.75. The highest BCUT2D eigenvalue weighted by atomic mass is 35.5. The molecule has 0 aliphatic rings. The maximum absolute atomic E-state index is 12.0. The van der Waals surface area contributed by atoms with Gasteiger partial charge in [0, 0.05) is 17.3 Å². The van der Waals surface area contributed by atoms with Crippen molar-refractivity contribution < 1.29 is 14.3 Å². The summed E-state index contributed by atoms with van der Waals surface area (Å²) in [6, 6.07) is 12.3. The summed E-state index contributed by atoms with van der Waals surface area (Å²) >= 11 is 5.90. The van der Waals surface area contributed by atoms with Gasteiger partial charge in [0.2, 0.25) is 0 Å². The maximum Gasteiger partial charge on any atom is 0.319 e. The molecule has 2 aromatic carbocycles. The molecule has 0 saturated carbocycles. The van der Waals surface area contributed by atoms with Gasteiger partial charge in [-0.25, -0.2) is 4.79 Å². The lowest BCUT2D eigenvalue weighted by atomic mass is 10.2. The molecule has 0 aromatic heterocycles. The Morgan fingerprint density at radius 2 is 2.00 bits per heavy atom. The Kier molecular flexibility index (Phi) is 7.41. The van der Waals surface area contributed by atoms with E-state index >= 15 is 0 Å². The van der Waals surface area contributed by atoms with Crippen molar-refractivity contribution in [2.75, 3.05) is 19.0 Å². The van der Waals surface area contributed by atoms with Gasteiger partial charge < -0.3 is 20.1 Å². The van der Waals surface area contributed by atoms with Gasteiger partial charge in [0.25, 0.3) is 0 Å². The number of hydrogen-bond donors (Lipinski definition) is 2. The molecule has 134 valence electrons. The molecule has 0 saturated heterocycles. The first-order valence-corrected chi connectivity index (χ1v) is 8.60. The van der Waals surface area contributed by atoms with Gasteiger partial charge in [-0.1, -0.05) is 37.1 Å². The zero-order chi connectivity index (χ0) is 18.1. The normalized spacial score (nSPS) is 10.2. The number of carbonyl (C=O) groups is 1. The lowest BCUT2D eigenvalue weighted by Crippen LogP contribution is -2.28. The fourth-order valence-electron chi connectivity index (χ4n) is 2.19. The van der Waals surface area contributed by atoms with Crippen LogP contribution in [0.4, 0.5) is 10.5 Å². The van der Waals surface area contributed by atoms with Crippen LogP contribution in [0.25, 0.3) is 0 Å². The van der Waals surface area contributed by atoms with Crippen LogP contribution < -0.4 is 20.1 Å². The van der Waals surface area contributed by atoms with Crippen LogP contribution in [-0.4, -0.2) is 19.7 Å². The van der Waals surface area contributed by atoms with E-state index in [0.717, 1.165) is 18.4 Å². The number of methoxy groups -OCH3 is 1. The molecule has 0 fully saturated rings. The molecule has 2 N–H and O–H groups in total. The van der Waals surface area contributed by atoms with Crippen LogP contribution in [0.5, 0.6) is 11.5 Å². The number of anilines is 1. The molecule has 0 atom stereocenters. The molecule has 0 radical (unpaired) electrons. The number of unbranched alkanes of at least 4 members (excludes halogenated alkanes) is 1. The SMILES string of the molecule is CCCCOc1ccc(CNC(=O)Nc2cccc(Cl)c2)cc1OC. The molecule has 5 nitrogen and oxygen atoms in total. The van der Waals surface area contributed by atoms with Crippen LogP contribution in [0.15, 0.2) is 42.5 Å². The second kappa shape index (κ2) is 9.79. The molecule has 0 aliphatic carbocycles. The number of urea groups is 1. The van der Waals surface area contributed by atoms with Gasteiger partial charge >= 0.3 is 6.03 Å². The van der Waals surface area contributed by atoms with E-state index in [2.05, 4.69) is 17.6 Å². The first-order chi connectivity index (χ1) is 12.1. The summed E-state index contributed by atoms with van der Waals surface area (Å²) in [5.74, 6) is 1.37. The van der Waals surface area contributed by atoms with Crippen molar-refractivity contribution in [2.24, 2.45) is 0 Å². The zero-order valence-corrected chi connectivity index (χ0v) is 15.2. The Morgan fingerprint density at radius 3 is 2.72 bits per heavy atom. The maximum atomic E-state index is 12.0. The van der Waals surface area contributed by atoms with E-state index in [-0.39, 0.29) is 6.03 Å². The highest BCUT2D eigenvalue weighted by molar-refractivity contribution is 6.30. The first kappa shape index (κ1) is 18.9. The fraction of sp³-hybridized carbons (Fsp3) is 0.316. The van der Waals surface area contributed by atoms with Crippen LogP contribution in [0, 0.1) is 0 Å². The number of amides is 2. The van der Waals surface area contributed by atoms with Gasteiger partial charge in [0.05, 0.1) is 13.7 Å². The van der Waals surface area contributed by atoms with Gasteiger partial charge in [-0.15, -0.1) is 0 Å². The summed E-state index contributed by atoms with van der Waals surface area (Å²) in [6.45, 7) is 3.15. The number of hydrogen-bond acceptors (Lipinski definition) is 3. The Balaban J connectivity index is 1.90. The molecule has 0 bridgehead atoms. The van der Waals surface area contributed by atoms with Crippen LogP contribution >= 0.6 is 11.6 Å². The Bertz CT molecular complexity index is 707. The Labute approximate surface area is 153 Å². The largest absolute Gasteiger partial charge is 0.493 e. The quantitative estimate of drug-likeness (QED) is 0.660.